The van der Waals surface area contributed by atoms with Crippen LogP contribution in [0.4, 0.5) is 0 Å². The molecular weight excluding hydrogens is 468 g/mol. The van der Waals surface area contributed by atoms with E-state index >= 15 is 0 Å². The third-order valence-electron chi connectivity index (χ3n) is 5.45. The molecule has 0 spiro atoms. The highest BCUT2D eigenvalue weighted by atomic mass is 35.5. The number of carboxylic acid groups (broad SMARTS) is 1. The van der Waals surface area contributed by atoms with E-state index in [0.717, 1.165) is 22.7 Å². The number of hydrogen-bond acceptors (Lipinski definition) is 5. The van der Waals surface area contributed by atoms with Crippen LogP contribution in [-0.2, 0) is 4.79 Å². The lowest BCUT2D eigenvalue weighted by Gasteiger charge is -2.09. The van der Waals surface area contributed by atoms with Crippen molar-refractivity contribution in [2.75, 3.05) is 13.4 Å². The fourth-order valence-electron chi connectivity index (χ4n) is 3.85. The van der Waals surface area contributed by atoms with Crippen molar-refractivity contribution < 1.29 is 24.1 Å². The molecule has 0 saturated carbocycles. The van der Waals surface area contributed by atoms with Gasteiger partial charge in [0.25, 0.3) is 0 Å². The molecule has 35 heavy (non-hydrogen) atoms. The van der Waals surface area contributed by atoms with Crippen molar-refractivity contribution >= 4 is 29.2 Å². The van der Waals surface area contributed by atoms with Gasteiger partial charge in [0.1, 0.15) is 5.75 Å². The first kappa shape index (κ1) is 22.6. The summed E-state index contributed by atoms with van der Waals surface area (Å²) in [7, 11) is 0. The van der Waals surface area contributed by atoms with Gasteiger partial charge in [-0.15, -0.1) is 0 Å². The van der Waals surface area contributed by atoms with Crippen LogP contribution in [0, 0.1) is 0 Å². The molecule has 7 nitrogen and oxygen atoms in total. The summed E-state index contributed by atoms with van der Waals surface area (Å²) in [5.74, 6) is 0.995. The molecule has 8 heteroatoms. The third kappa shape index (κ3) is 4.72. The Kier molecular flexibility index (Phi) is 6.16. The number of halogens is 1. The Morgan fingerprint density at radius 2 is 1.89 bits per heavy atom. The second-order valence-corrected chi connectivity index (χ2v) is 8.17. The molecular formula is C27H21ClN2O5. The largest absolute Gasteiger partial charge is 0.494 e. The van der Waals surface area contributed by atoms with E-state index in [1.54, 1.807) is 28.9 Å². The highest BCUT2D eigenvalue weighted by Crippen LogP contribution is 2.37. The van der Waals surface area contributed by atoms with Crippen LogP contribution in [0.2, 0.25) is 5.02 Å². The molecule has 3 aromatic carbocycles. The SMILES string of the molecule is CCOc1ccc(-n2nc(C=C(C(=O)O)c3cccc(Cl)c3)cc2-c2ccc3c(c2)OCO3)cc1. The van der Waals surface area contributed by atoms with Gasteiger partial charge < -0.3 is 19.3 Å². The molecule has 0 unspecified atom stereocenters. The molecule has 5 rings (SSSR count). The summed E-state index contributed by atoms with van der Waals surface area (Å²) in [6, 6.07) is 21.7. The number of rotatable bonds is 7. The van der Waals surface area contributed by atoms with Gasteiger partial charge in [-0.1, -0.05) is 23.7 Å². The van der Waals surface area contributed by atoms with E-state index in [4.69, 9.17) is 30.9 Å². The Morgan fingerprint density at radius 1 is 1.09 bits per heavy atom. The second kappa shape index (κ2) is 9.56. The molecule has 176 valence electrons. The fourth-order valence-corrected chi connectivity index (χ4v) is 4.04. The topological polar surface area (TPSA) is 82.8 Å². The van der Waals surface area contributed by atoms with Crippen LogP contribution in [0.3, 0.4) is 0 Å². The molecule has 0 aliphatic carbocycles. The molecule has 1 aliphatic heterocycles. The number of aromatic nitrogens is 2. The highest BCUT2D eigenvalue weighted by Gasteiger charge is 2.19. The zero-order valence-electron chi connectivity index (χ0n) is 18.8. The molecule has 0 fully saturated rings. The maximum absolute atomic E-state index is 12.1. The van der Waals surface area contributed by atoms with Crippen molar-refractivity contribution in [1.29, 1.82) is 0 Å². The zero-order valence-corrected chi connectivity index (χ0v) is 19.5. The number of aliphatic carboxylic acids is 1. The van der Waals surface area contributed by atoms with Crippen LogP contribution in [0.1, 0.15) is 18.2 Å². The van der Waals surface area contributed by atoms with Gasteiger partial charge in [0.2, 0.25) is 6.79 Å². The number of ether oxygens (including phenoxy) is 3. The molecule has 1 aromatic heterocycles. The maximum Gasteiger partial charge on any atom is 0.336 e. The monoisotopic (exact) mass is 488 g/mol. The molecule has 4 aromatic rings. The number of fused-ring (bicyclic) bond motifs is 1. The number of carboxylic acids is 1. The van der Waals surface area contributed by atoms with Crippen molar-refractivity contribution in [2.24, 2.45) is 0 Å². The summed E-state index contributed by atoms with van der Waals surface area (Å²) >= 11 is 6.10. The van der Waals surface area contributed by atoms with E-state index in [9.17, 15) is 9.90 Å². The Hall–Kier alpha value is -4.23. The highest BCUT2D eigenvalue weighted by molar-refractivity contribution is 6.31. The molecule has 1 aliphatic rings. The summed E-state index contributed by atoms with van der Waals surface area (Å²) in [6.45, 7) is 2.67. The lowest BCUT2D eigenvalue weighted by Crippen LogP contribution is -2.01. The van der Waals surface area contributed by atoms with E-state index in [2.05, 4.69) is 0 Å². The minimum Gasteiger partial charge on any atom is -0.494 e. The van der Waals surface area contributed by atoms with Crippen molar-refractivity contribution in [3.8, 4) is 34.2 Å². The van der Waals surface area contributed by atoms with Crippen molar-refractivity contribution in [1.82, 2.24) is 9.78 Å². The standard InChI is InChI=1S/C27H21ClN2O5/c1-2-33-22-9-7-21(8-10-22)30-24(18-6-11-25-26(13-18)35-16-34-25)15-20(29-30)14-23(27(31)32)17-4-3-5-19(28)12-17/h3-15H,2,16H2,1H3,(H,31,32). The molecule has 0 amide bonds. The van der Waals surface area contributed by atoms with Crippen LogP contribution in [-0.4, -0.2) is 34.3 Å². The van der Waals surface area contributed by atoms with Crippen LogP contribution in [0.25, 0.3) is 28.6 Å². The van der Waals surface area contributed by atoms with Crippen LogP contribution < -0.4 is 14.2 Å². The predicted octanol–water partition coefficient (Wildman–Crippen LogP) is 5.95. The van der Waals surface area contributed by atoms with Gasteiger partial charge >= 0.3 is 5.97 Å². The average molecular weight is 489 g/mol. The first-order valence-electron chi connectivity index (χ1n) is 11.0. The summed E-state index contributed by atoms with van der Waals surface area (Å²) in [5, 5.41) is 15.1. The van der Waals surface area contributed by atoms with E-state index in [1.807, 2.05) is 55.5 Å². The fraction of sp³-hybridized carbons (Fsp3) is 0.111. The number of hydrogen-bond donors (Lipinski definition) is 1. The lowest BCUT2D eigenvalue weighted by molar-refractivity contribution is -0.130. The summed E-state index contributed by atoms with van der Waals surface area (Å²) in [4.78, 5) is 12.1. The Balaban J connectivity index is 1.63. The van der Waals surface area contributed by atoms with E-state index in [0.29, 0.717) is 34.4 Å². The molecule has 0 radical (unpaired) electrons. The molecule has 1 N–H and O–H groups in total. The van der Waals surface area contributed by atoms with Crippen molar-refractivity contribution in [3.63, 3.8) is 0 Å². The average Bonchev–Trinajstić information content (AvgIpc) is 3.49. The number of carbonyl (C=O) groups is 1. The minimum absolute atomic E-state index is 0.0843. The first-order valence-corrected chi connectivity index (χ1v) is 11.3. The van der Waals surface area contributed by atoms with E-state index < -0.39 is 5.97 Å². The van der Waals surface area contributed by atoms with Gasteiger partial charge in [0.05, 0.1) is 29.3 Å². The van der Waals surface area contributed by atoms with Crippen LogP contribution in [0.5, 0.6) is 17.2 Å². The van der Waals surface area contributed by atoms with Gasteiger partial charge in [0.15, 0.2) is 11.5 Å². The number of nitrogens with zero attached hydrogens (tertiary/aromatic N) is 2. The van der Waals surface area contributed by atoms with Gasteiger partial charge in [0, 0.05) is 10.6 Å². The van der Waals surface area contributed by atoms with Gasteiger partial charge in [-0.2, -0.15) is 5.10 Å². The third-order valence-corrected chi connectivity index (χ3v) is 5.68. The molecule has 0 saturated heterocycles. The Bertz CT molecular complexity index is 1430. The van der Waals surface area contributed by atoms with Gasteiger partial charge in [-0.3, -0.25) is 0 Å². The minimum atomic E-state index is -1.08. The quantitative estimate of drug-likeness (QED) is 0.324. The zero-order chi connectivity index (χ0) is 24.4. The normalized spacial score (nSPS) is 12.6. The van der Waals surface area contributed by atoms with E-state index in [1.165, 1.54) is 6.08 Å². The predicted molar refractivity (Wildman–Crippen MR) is 133 cm³/mol. The van der Waals surface area contributed by atoms with Crippen molar-refractivity contribution in [3.05, 3.63) is 89.1 Å². The first-order chi connectivity index (χ1) is 17.0. The smallest absolute Gasteiger partial charge is 0.336 e. The Labute approximate surface area is 206 Å². The van der Waals surface area contributed by atoms with E-state index in [-0.39, 0.29) is 12.4 Å². The maximum atomic E-state index is 12.1. The molecule has 2 heterocycles. The summed E-state index contributed by atoms with van der Waals surface area (Å²) in [5.41, 5.74) is 3.44. The van der Waals surface area contributed by atoms with Crippen LogP contribution >= 0.6 is 11.6 Å². The van der Waals surface area contributed by atoms with Gasteiger partial charge in [-0.05, 0) is 79.2 Å². The summed E-state index contributed by atoms with van der Waals surface area (Å²) < 4.78 is 18.3. The van der Waals surface area contributed by atoms with Gasteiger partial charge in [-0.25, -0.2) is 9.48 Å². The lowest BCUT2D eigenvalue weighted by atomic mass is 10.0. The van der Waals surface area contributed by atoms with Crippen LogP contribution in [0.15, 0.2) is 72.8 Å². The Morgan fingerprint density at radius 3 is 2.63 bits per heavy atom. The second-order valence-electron chi connectivity index (χ2n) is 7.73. The molecule has 0 atom stereocenters. The summed E-state index contributed by atoms with van der Waals surface area (Å²) in [6.07, 6.45) is 1.54. The van der Waals surface area contributed by atoms with Crippen molar-refractivity contribution in [2.45, 2.75) is 6.92 Å². The number of benzene rings is 3. The molecule has 0 bridgehead atoms.